The van der Waals surface area contributed by atoms with Gasteiger partial charge in [0.2, 0.25) is 5.91 Å². The first-order valence-corrected chi connectivity index (χ1v) is 6.54. The standard InChI is InChI=1S/C18H14N2O2/c1-3-13-8-7-9-14(12-13)19-18(22)15-10-5-6-11-16(15)20-17(21)4-2/h1,4-12H,2H2,(H,19,22)(H,20,21). The number of para-hydroxylation sites is 1. The molecule has 0 unspecified atom stereocenters. The molecule has 4 heteroatoms. The summed E-state index contributed by atoms with van der Waals surface area (Å²) >= 11 is 0. The van der Waals surface area contributed by atoms with E-state index in [9.17, 15) is 9.59 Å². The Bertz CT molecular complexity index is 773. The zero-order chi connectivity index (χ0) is 15.9. The molecule has 0 saturated heterocycles. The van der Waals surface area contributed by atoms with Crippen LogP contribution in [0.15, 0.2) is 61.2 Å². The largest absolute Gasteiger partial charge is 0.322 e. The molecule has 0 atom stereocenters. The van der Waals surface area contributed by atoms with Crippen LogP contribution in [0.5, 0.6) is 0 Å². The van der Waals surface area contributed by atoms with E-state index in [4.69, 9.17) is 6.42 Å². The van der Waals surface area contributed by atoms with Gasteiger partial charge in [-0.25, -0.2) is 0 Å². The van der Waals surface area contributed by atoms with Crippen LogP contribution in [0.3, 0.4) is 0 Å². The van der Waals surface area contributed by atoms with Gasteiger partial charge in [-0.2, -0.15) is 0 Å². The quantitative estimate of drug-likeness (QED) is 0.671. The average molecular weight is 290 g/mol. The third-order valence-electron chi connectivity index (χ3n) is 2.90. The molecule has 0 aliphatic carbocycles. The van der Waals surface area contributed by atoms with Gasteiger partial charge in [-0.05, 0) is 36.4 Å². The Balaban J connectivity index is 2.24. The fourth-order valence-electron chi connectivity index (χ4n) is 1.86. The Morgan fingerprint density at radius 2 is 1.86 bits per heavy atom. The lowest BCUT2D eigenvalue weighted by Gasteiger charge is -2.10. The highest BCUT2D eigenvalue weighted by atomic mass is 16.2. The van der Waals surface area contributed by atoms with Crippen molar-refractivity contribution in [3.63, 3.8) is 0 Å². The summed E-state index contributed by atoms with van der Waals surface area (Å²) in [5.41, 5.74) is 2.03. The number of anilines is 2. The van der Waals surface area contributed by atoms with Gasteiger partial charge in [0, 0.05) is 11.3 Å². The first kappa shape index (κ1) is 15.1. The van der Waals surface area contributed by atoms with E-state index in [2.05, 4.69) is 23.1 Å². The first-order chi connectivity index (χ1) is 10.6. The first-order valence-electron chi connectivity index (χ1n) is 6.54. The van der Waals surface area contributed by atoms with E-state index in [-0.39, 0.29) is 11.8 Å². The van der Waals surface area contributed by atoms with Crippen molar-refractivity contribution in [3.8, 4) is 12.3 Å². The van der Waals surface area contributed by atoms with Gasteiger partial charge in [0.1, 0.15) is 0 Å². The molecule has 2 amide bonds. The molecule has 22 heavy (non-hydrogen) atoms. The second-order valence-corrected chi connectivity index (χ2v) is 4.42. The fourth-order valence-corrected chi connectivity index (χ4v) is 1.86. The molecule has 4 nitrogen and oxygen atoms in total. The van der Waals surface area contributed by atoms with Crippen molar-refractivity contribution in [2.24, 2.45) is 0 Å². The highest BCUT2D eigenvalue weighted by molar-refractivity contribution is 6.11. The number of terminal acetylenes is 1. The van der Waals surface area contributed by atoms with E-state index in [1.807, 2.05) is 0 Å². The van der Waals surface area contributed by atoms with E-state index in [0.717, 1.165) is 6.08 Å². The predicted octanol–water partition coefficient (Wildman–Crippen LogP) is 3.04. The average Bonchev–Trinajstić information content (AvgIpc) is 2.55. The summed E-state index contributed by atoms with van der Waals surface area (Å²) in [6, 6.07) is 13.7. The van der Waals surface area contributed by atoms with Gasteiger partial charge in [0.15, 0.2) is 0 Å². The van der Waals surface area contributed by atoms with Gasteiger partial charge in [-0.15, -0.1) is 6.42 Å². The molecule has 0 aliphatic heterocycles. The molecule has 0 aromatic heterocycles. The van der Waals surface area contributed by atoms with Crippen molar-refractivity contribution in [3.05, 3.63) is 72.3 Å². The number of rotatable bonds is 4. The van der Waals surface area contributed by atoms with Crippen LogP contribution in [0.1, 0.15) is 15.9 Å². The van der Waals surface area contributed by atoms with E-state index in [0.29, 0.717) is 22.5 Å². The molecule has 0 fully saturated rings. The zero-order valence-corrected chi connectivity index (χ0v) is 11.8. The summed E-state index contributed by atoms with van der Waals surface area (Å²) in [6.07, 6.45) is 6.48. The van der Waals surface area contributed by atoms with E-state index in [1.165, 1.54) is 0 Å². The summed E-state index contributed by atoms with van der Waals surface area (Å²) in [5.74, 6) is 1.79. The van der Waals surface area contributed by atoms with Gasteiger partial charge in [0.05, 0.1) is 11.3 Å². The van der Waals surface area contributed by atoms with E-state index in [1.54, 1.807) is 48.5 Å². The van der Waals surface area contributed by atoms with Gasteiger partial charge in [0.25, 0.3) is 5.91 Å². The molecule has 2 aromatic carbocycles. The van der Waals surface area contributed by atoms with Gasteiger partial charge < -0.3 is 10.6 Å². The van der Waals surface area contributed by atoms with Crippen molar-refractivity contribution in [1.29, 1.82) is 0 Å². The molecule has 108 valence electrons. The number of amides is 2. The number of carbonyl (C=O) groups excluding carboxylic acids is 2. The maximum absolute atomic E-state index is 12.4. The third-order valence-corrected chi connectivity index (χ3v) is 2.90. The van der Waals surface area contributed by atoms with Crippen molar-refractivity contribution >= 4 is 23.2 Å². The molecular weight excluding hydrogens is 276 g/mol. The van der Waals surface area contributed by atoms with Crippen LogP contribution in [0, 0.1) is 12.3 Å². The topological polar surface area (TPSA) is 58.2 Å². The molecule has 0 heterocycles. The molecule has 2 aromatic rings. The minimum Gasteiger partial charge on any atom is -0.322 e. The number of carbonyl (C=O) groups is 2. The summed E-state index contributed by atoms with van der Waals surface area (Å²) in [4.78, 5) is 23.8. The van der Waals surface area contributed by atoms with Crippen molar-refractivity contribution < 1.29 is 9.59 Å². The second kappa shape index (κ2) is 6.91. The van der Waals surface area contributed by atoms with Crippen molar-refractivity contribution in [2.75, 3.05) is 10.6 Å². The molecule has 0 aliphatic rings. The van der Waals surface area contributed by atoms with Gasteiger partial charge in [-0.1, -0.05) is 30.7 Å². The fraction of sp³-hybridized carbons (Fsp3) is 0. The van der Waals surface area contributed by atoms with E-state index < -0.39 is 0 Å². The Labute approximate surface area is 128 Å². The smallest absolute Gasteiger partial charge is 0.257 e. The van der Waals surface area contributed by atoms with Crippen LogP contribution in [-0.4, -0.2) is 11.8 Å². The summed E-state index contributed by atoms with van der Waals surface area (Å²) < 4.78 is 0. The Morgan fingerprint density at radius 1 is 1.09 bits per heavy atom. The van der Waals surface area contributed by atoms with Crippen LogP contribution >= 0.6 is 0 Å². The highest BCUT2D eigenvalue weighted by Gasteiger charge is 2.12. The molecular formula is C18H14N2O2. The van der Waals surface area contributed by atoms with Gasteiger partial charge in [-0.3, -0.25) is 9.59 Å². The Kier molecular flexibility index (Phi) is 4.74. The number of benzene rings is 2. The van der Waals surface area contributed by atoms with Gasteiger partial charge >= 0.3 is 0 Å². The zero-order valence-electron chi connectivity index (χ0n) is 11.8. The minimum atomic E-state index is -0.380. The monoisotopic (exact) mass is 290 g/mol. The van der Waals surface area contributed by atoms with Crippen molar-refractivity contribution in [1.82, 2.24) is 0 Å². The molecule has 2 rings (SSSR count). The third kappa shape index (κ3) is 3.62. The predicted molar refractivity (Wildman–Crippen MR) is 87.6 cm³/mol. The maximum atomic E-state index is 12.4. The Hall–Kier alpha value is -3.32. The molecule has 0 saturated carbocycles. The lowest BCUT2D eigenvalue weighted by molar-refractivity contribution is -0.111. The number of nitrogens with one attached hydrogen (secondary N) is 2. The molecule has 0 radical (unpaired) electrons. The maximum Gasteiger partial charge on any atom is 0.257 e. The summed E-state index contributed by atoms with van der Waals surface area (Å²) in [5, 5.41) is 5.35. The Morgan fingerprint density at radius 3 is 2.59 bits per heavy atom. The molecule has 0 bridgehead atoms. The number of hydrogen-bond acceptors (Lipinski definition) is 2. The van der Waals surface area contributed by atoms with Crippen LogP contribution in [0.4, 0.5) is 11.4 Å². The van der Waals surface area contributed by atoms with Crippen LogP contribution < -0.4 is 10.6 Å². The second-order valence-electron chi connectivity index (χ2n) is 4.42. The number of hydrogen-bond donors (Lipinski definition) is 2. The lowest BCUT2D eigenvalue weighted by Crippen LogP contribution is -2.16. The lowest BCUT2D eigenvalue weighted by atomic mass is 10.1. The minimum absolute atomic E-state index is 0.339. The normalized spacial score (nSPS) is 9.41. The van der Waals surface area contributed by atoms with Crippen LogP contribution in [0.2, 0.25) is 0 Å². The van der Waals surface area contributed by atoms with Crippen molar-refractivity contribution in [2.45, 2.75) is 0 Å². The van der Waals surface area contributed by atoms with Crippen LogP contribution in [-0.2, 0) is 4.79 Å². The highest BCUT2D eigenvalue weighted by Crippen LogP contribution is 2.18. The SMILES string of the molecule is C#Cc1cccc(NC(=O)c2ccccc2NC(=O)C=C)c1. The molecule has 2 N–H and O–H groups in total. The summed E-state index contributed by atoms with van der Waals surface area (Å²) in [7, 11) is 0. The summed E-state index contributed by atoms with van der Waals surface area (Å²) in [6.45, 7) is 3.39. The van der Waals surface area contributed by atoms with Crippen LogP contribution in [0.25, 0.3) is 0 Å². The molecule has 0 spiro atoms. The van der Waals surface area contributed by atoms with E-state index >= 15 is 0 Å².